The van der Waals surface area contributed by atoms with E-state index >= 15 is 0 Å². The molecule has 0 bridgehead atoms. The molecule has 8 aromatic rings. The van der Waals surface area contributed by atoms with Crippen LogP contribution in [0.15, 0.2) is 120 Å². The number of thioether (sulfide) groups is 2. The molecule has 6 N–H and O–H groups in total. The maximum Gasteiger partial charge on any atom is 0.340 e. The van der Waals surface area contributed by atoms with Gasteiger partial charge in [-0.05, 0) is 49.2 Å². The van der Waals surface area contributed by atoms with Gasteiger partial charge in [-0.1, -0.05) is 151 Å². The van der Waals surface area contributed by atoms with Gasteiger partial charge in [-0.25, -0.2) is 19.9 Å². The second-order valence-corrected chi connectivity index (χ2v) is 33.9. The number of benzene rings is 4. The number of aromatic nitrogens is 6. The Kier molecular flexibility index (Phi) is 18.0. The summed E-state index contributed by atoms with van der Waals surface area (Å²) in [6.45, 7) is 10.1. The molecule has 4 aromatic heterocycles. The summed E-state index contributed by atoms with van der Waals surface area (Å²) in [5.74, 6) is 0.428. The molecule has 0 fully saturated rings. The van der Waals surface area contributed by atoms with E-state index in [4.69, 9.17) is 42.0 Å². The van der Waals surface area contributed by atoms with Crippen molar-refractivity contribution in [1.29, 1.82) is 0 Å². The molecule has 0 unspecified atom stereocenters. The SMILES string of the molecule is CCOP(=O)(CSc1nc2nc(-c3ccc(-c4ccccc4O)cc3)c(Cl)cc2[nH]1)OCC.C[Si](C)(C)Br.O=P(O)(O)CSc1nc2nc(-c3ccc(-c4ccccc4O)cc3)c(Cl)cc2[nH]1. The number of phenolic OH excluding ortho intramolecular Hbond substituents is 2. The zero-order valence-corrected chi connectivity index (χ0v) is 44.3. The van der Waals surface area contributed by atoms with Crippen LogP contribution in [0.1, 0.15) is 13.8 Å². The van der Waals surface area contributed by atoms with Gasteiger partial charge in [0.15, 0.2) is 21.6 Å². The minimum atomic E-state index is -4.14. The Balaban J connectivity index is 0.000000202. The largest absolute Gasteiger partial charge is 0.507 e. The molecule has 0 aliphatic rings. The normalized spacial score (nSPS) is 11.9. The molecule has 67 heavy (non-hydrogen) atoms. The monoisotopic (exact) mass is 1100 g/mol. The van der Waals surface area contributed by atoms with Crippen LogP contribution in [-0.4, -0.2) is 80.8 Å². The number of nitrogens with one attached hydrogen (secondary N) is 2. The van der Waals surface area contributed by atoms with Crippen molar-refractivity contribution in [2.75, 3.05) is 24.2 Å². The number of pyridine rings is 2. The lowest BCUT2D eigenvalue weighted by Gasteiger charge is -2.15. The summed E-state index contributed by atoms with van der Waals surface area (Å²) in [6.07, 6.45) is 0. The molecule has 0 spiro atoms. The van der Waals surface area contributed by atoms with E-state index in [0.717, 1.165) is 45.1 Å². The van der Waals surface area contributed by atoms with Crippen LogP contribution in [0, 0.1) is 0 Å². The molecule has 0 atom stereocenters. The van der Waals surface area contributed by atoms with E-state index in [1.807, 2.05) is 72.8 Å². The second kappa shape index (κ2) is 23.1. The number of aromatic hydroxyl groups is 2. The van der Waals surface area contributed by atoms with Crippen LogP contribution in [0.4, 0.5) is 0 Å². The first-order valence-electron chi connectivity index (χ1n) is 20.5. The first-order chi connectivity index (χ1) is 31.7. The number of hydrogen-bond acceptors (Lipinski definition) is 12. The summed E-state index contributed by atoms with van der Waals surface area (Å²) in [5.41, 5.74) is 7.93. The number of hydrogen-bond donors (Lipinski definition) is 6. The highest BCUT2D eigenvalue weighted by Crippen LogP contribution is 2.52. The Bertz CT molecular complexity index is 3050. The van der Waals surface area contributed by atoms with Crippen LogP contribution < -0.4 is 0 Å². The summed E-state index contributed by atoms with van der Waals surface area (Å²) in [7, 11) is -7.33. The molecular weight excluding hydrogens is 1060 g/mol. The molecule has 8 rings (SSSR count). The fourth-order valence-electron chi connectivity index (χ4n) is 6.17. The van der Waals surface area contributed by atoms with Crippen LogP contribution in [-0.2, 0) is 18.2 Å². The number of phenols is 2. The van der Waals surface area contributed by atoms with Gasteiger partial charge in [-0.15, -0.1) is 15.3 Å². The van der Waals surface area contributed by atoms with Crippen molar-refractivity contribution < 1.29 is 38.2 Å². The average molecular weight is 1100 g/mol. The number of rotatable bonds is 14. The second-order valence-electron chi connectivity index (χ2n) is 15.4. The van der Waals surface area contributed by atoms with Gasteiger partial charge in [0.25, 0.3) is 0 Å². The maximum atomic E-state index is 12.7. The first-order valence-corrected chi connectivity index (χ1v) is 32.5. The highest BCUT2D eigenvalue weighted by atomic mass is 79.9. The molecule has 4 aromatic carbocycles. The smallest absolute Gasteiger partial charge is 0.340 e. The lowest BCUT2D eigenvalue weighted by molar-refractivity contribution is 0.224. The zero-order valence-electron chi connectivity index (χ0n) is 36.8. The maximum absolute atomic E-state index is 12.7. The number of para-hydroxylation sites is 2. The molecule has 0 saturated carbocycles. The topological polar surface area (TPSA) is 217 Å². The van der Waals surface area contributed by atoms with E-state index in [1.165, 1.54) is 11.8 Å². The highest BCUT2D eigenvalue weighted by molar-refractivity contribution is 9.26. The Morgan fingerprint density at radius 1 is 0.612 bits per heavy atom. The molecule has 0 radical (unpaired) electrons. The summed E-state index contributed by atoms with van der Waals surface area (Å²) in [6, 6.07) is 32.8. The van der Waals surface area contributed by atoms with Crippen molar-refractivity contribution in [2.24, 2.45) is 0 Å². The lowest BCUT2D eigenvalue weighted by Crippen LogP contribution is -2.05. The summed E-state index contributed by atoms with van der Waals surface area (Å²) in [5, 5.41) is 21.9. The number of halogens is 3. The summed E-state index contributed by atoms with van der Waals surface area (Å²) >= 11 is 18.6. The van der Waals surface area contributed by atoms with Crippen molar-refractivity contribution in [2.45, 2.75) is 43.8 Å². The predicted octanol–water partition coefficient (Wildman–Crippen LogP) is 14.1. The van der Waals surface area contributed by atoms with Crippen molar-refractivity contribution in [1.82, 2.24) is 29.9 Å². The third kappa shape index (κ3) is 15.0. The Hall–Kier alpha value is -4.00. The van der Waals surface area contributed by atoms with E-state index in [2.05, 4.69) is 64.8 Å². The Morgan fingerprint density at radius 2 is 0.970 bits per heavy atom. The van der Waals surface area contributed by atoms with Gasteiger partial charge in [0.2, 0.25) is 0 Å². The minimum Gasteiger partial charge on any atom is -0.507 e. The number of H-pyrrole nitrogens is 2. The zero-order chi connectivity index (χ0) is 48.5. The van der Waals surface area contributed by atoms with E-state index < -0.39 is 21.9 Å². The van der Waals surface area contributed by atoms with Crippen LogP contribution in [0.25, 0.3) is 67.1 Å². The Morgan fingerprint density at radius 3 is 1.33 bits per heavy atom. The number of aromatic amines is 2. The fourth-order valence-corrected chi connectivity index (χ4v) is 11.1. The predicted molar refractivity (Wildman–Crippen MR) is 279 cm³/mol. The third-order valence-corrected chi connectivity index (χ3v) is 15.4. The van der Waals surface area contributed by atoms with Gasteiger partial charge >= 0.3 is 15.2 Å². The Labute approximate surface area is 415 Å². The third-order valence-electron chi connectivity index (χ3n) is 8.94. The van der Waals surface area contributed by atoms with Crippen molar-refractivity contribution in [3.05, 3.63) is 119 Å². The molecular formula is C45H47BrCl2N6O8P2S2Si. The molecule has 0 amide bonds. The molecule has 0 saturated heterocycles. The van der Waals surface area contributed by atoms with Gasteiger partial charge in [-0.2, -0.15) is 0 Å². The standard InChI is InChI=1S/C23H23ClN3O4PS.C19H15ClN3O4PS.C3H9BrSi/c1-3-30-32(29,31-4-2)14-33-23-25-19-13-18(24)21(26-22(19)27-23)16-11-9-15(10-12-16)17-7-5-6-8-20(17)28;20-14-9-15-18(23-19(21-15)29-10-28(25,26)27)22-17(14)12-7-5-11(6-8-12)13-3-1-2-4-16(13)24;1-5(2,3)4/h5-13,28H,3-4,14H2,1-2H3,(H,25,26,27);1-9,24H,10H2,(H,21,22,23)(H2,25,26,27);1-3H3. The molecule has 0 aliphatic carbocycles. The van der Waals surface area contributed by atoms with Crippen molar-refractivity contribution >= 4 is 106 Å². The fraction of sp³-hybridized carbons (Fsp3) is 0.200. The minimum absolute atomic E-state index is 0.142. The lowest BCUT2D eigenvalue weighted by atomic mass is 10.0. The molecule has 14 nitrogen and oxygen atoms in total. The first kappa shape index (κ1) is 52.4. The number of fused-ring (bicyclic) bond motifs is 2. The van der Waals surface area contributed by atoms with Crippen LogP contribution in [0.5, 0.6) is 11.5 Å². The molecule has 352 valence electrons. The van der Waals surface area contributed by atoms with Gasteiger partial charge in [0.05, 0.1) is 45.7 Å². The van der Waals surface area contributed by atoms with E-state index in [1.54, 1.807) is 50.2 Å². The molecule has 4 heterocycles. The van der Waals surface area contributed by atoms with Crippen molar-refractivity contribution in [3.8, 4) is 56.3 Å². The van der Waals surface area contributed by atoms with E-state index in [9.17, 15) is 19.3 Å². The van der Waals surface area contributed by atoms with Crippen LogP contribution >= 0.6 is 77.2 Å². The van der Waals surface area contributed by atoms with Crippen LogP contribution in [0.3, 0.4) is 0 Å². The summed E-state index contributed by atoms with van der Waals surface area (Å²) in [4.78, 5) is 42.1. The van der Waals surface area contributed by atoms with E-state index in [0.29, 0.717) is 67.3 Å². The number of imidazole rings is 2. The highest BCUT2D eigenvalue weighted by Gasteiger charge is 2.25. The molecule has 22 heteroatoms. The van der Waals surface area contributed by atoms with Gasteiger partial charge in [0.1, 0.15) is 29.2 Å². The number of nitrogens with zero attached hydrogens (tertiary/aromatic N) is 4. The molecule has 0 aliphatic heterocycles. The van der Waals surface area contributed by atoms with Gasteiger partial charge in [-0.3, -0.25) is 9.13 Å². The van der Waals surface area contributed by atoms with Gasteiger partial charge < -0.3 is 39.0 Å². The average Bonchev–Trinajstić information content (AvgIpc) is 3.87. The quantitative estimate of drug-likeness (QED) is 0.0259. The summed E-state index contributed by atoms with van der Waals surface area (Å²) < 4.78 is 34.4. The van der Waals surface area contributed by atoms with Gasteiger partial charge in [0, 0.05) is 22.3 Å². The van der Waals surface area contributed by atoms with Crippen molar-refractivity contribution in [3.63, 3.8) is 0 Å². The van der Waals surface area contributed by atoms with E-state index in [-0.39, 0.29) is 22.5 Å². The van der Waals surface area contributed by atoms with Crippen LogP contribution in [0.2, 0.25) is 29.7 Å².